The van der Waals surface area contributed by atoms with Gasteiger partial charge in [-0.05, 0) is 26.3 Å². The van der Waals surface area contributed by atoms with Gasteiger partial charge in [0.05, 0.1) is 0 Å². The molecule has 0 spiro atoms. The molecule has 0 amide bonds. The second-order valence-corrected chi connectivity index (χ2v) is 3.97. The Morgan fingerprint density at radius 1 is 1.36 bits per heavy atom. The van der Waals surface area contributed by atoms with E-state index in [1.807, 2.05) is 45.0 Å². The van der Waals surface area contributed by atoms with Crippen LogP contribution in [0.15, 0.2) is 24.3 Å². The van der Waals surface area contributed by atoms with Crippen molar-refractivity contribution in [1.82, 2.24) is 0 Å². The number of benzene rings is 1. The first-order chi connectivity index (χ1) is 6.42. The fraction of sp³-hybridized carbons (Fsp3) is 0.417. The number of carbonyl (C=O) groups is 1. The molecule has 0 N–H and O–H groups in total. The Labute approximate surface area is 84.9 Å². The molecule has 0 bridgehead atoms. The SMILES string of the molecule is CC(=O)OC(C)(C)c1cccc(C)c1. The number of esters is 1. The molecule has 0 aliphatic heterocycles. The summed E-state index contributed by atoms with van der Waals surface area (Å²) in [5, 5.41) is 0. The Hall–Kier alpha value is -1.31. The summed E-state index contributed by atoms with van der Waals surface area (Å²) in [5.74, 6) is -0.253. The van der Waals surface area contributed by atoms with E-state index in [-0.39, 0.29) is 5.97 Å². The van der Waals surface area contributed by atoms with Gasteiger partial charge in [0, 0.05) is 6.92 Å². The molecule has 0 unspecified atom stereocenters. The summed E-state index contributed by atoms with van der Waals surface area (Å²) in [6.45, 7) is 7.23. The third-order valence-corrected chi connectivity index (χ3v) is 2.11. The normalized spacial score (nSPS) is 11.1. The van der Waals surface area contributed by atoms with Crippen molar-refractivity contribution in [2.45, 2.75) is 33.3 Å². The molecule has 0 atom stereocenters. The van der Waals surface area contributed by atoms with Gasteiger partial charge in [-0.1, -0.05) is 29.8 Å². The van der Waals surface area contributed by atoms with Gasteiger partial charge in [-0.2, -0.15) is 0 Å². The number of carbonyl (C=O) groups excluding carboxylic acids is 1. The first-order valence-electron chi connectivity index (χ1n) is 4.68. The lowest BCUT2D eigenvalue weighted by atomic mass is 9.96. The van der Waals surface area contributed by atoms with Crippen LogP contribution in [0.4, 0.5) is 0 Å². The van der Waals surface area contributed by atoms with Crippen LogP contribution in [-0.2, 0) is 15.1 Å². The van der Waals surface area contributed by atoms with Crippen LogP contribution in [0.3, 0.4) is 0 Å². The van der Waals surface area contributed by atoms with E-state index in [1.54, 1.807) is 0 Å². The van der Waals surface area contributed by atoms with E-state index in [9.17, 15) is 4.79 Å². The maximum Gasteiger partial charge on any atom is 0.303 e. The Balaban J connectivity index is 2.97. The lowest BCUT2D eigenvalue weighted by Gasteiger charge is -2.25. The molecule has 1 rings (SSSR count). The molecule has 0 saturated heterocycles. The highest BCUT2D eigenvalue weighted by molar-refractivity contribution is 5.66. The van der Waals surface area contributed by atoms with E-state index in [2.05, 4.69) is 0 Å². The second kappa shape index (κ2) is 3.82. The molecule has 0 aromatic heterocycles. The van der Waals surface area contributed by atoms with Crippen LogP contribution in [0, 0.1) is 6.92 Å². The summed E-state index contributed by atoms with van der Waals surface area (Å²) < 4.78 is 5.24. The zero-order valence-corrected chi connectivity index (χ0v) is 9.13. The van der Waals surface area contributed by atoms with Gasteiger partial charge < -0.3 is 4.74 Å². The van der Waals surface area contributed by atoms with Crippen molar-refractivity contribution in [3.63, 3.8) is 0 Å². The number of ether oxygens (including phenoxy) is 1. The van der Waals surface area contributed by atoms with Gasteiger partial charge >= 0.3 is 5.97 Å². The van der Waals surface area contributed by atoms with Crippen LogP contribution < -0.4 is 0 Å². The molecule has 0 radical (unpaired) electrons. The highest BCUT2D eigenvalue weighted by atomic mass is 16.6. The first-order valence-corrected chi connectivity index (χ1v) is 4.68. The Morgan fingerprint density at radius 3 is 2.50 bits per heavy atom. The monoisotopic (exact) mass is 192 g/mol. The molecule has 0 aliphatic carbocycles. The number of aryl methyl sites for hydroxylation is 1. The average molecular weight is 192 g/mol. The molecule has 76 valence electrons. The summed E-state index contributed by atoms with van der Waals surface area (Å²) in [5.41, 5.74) is 1.65. The van der Waals surface area contributed by atoms with Gasteiger partial charge in [-0.25, -0.2) is 0 Å². The third kappa shape index (κ3) is 2.59. The van der Waals surface area contributed by atoms with E-state index >= 15 is 0 Å². The van der Waals surface area contributed by atoms with E-state index in [1.165, 1.54) is 12.5 Å². The minimum atomic E-state index is -0.544. The van der Waals surface area contributed by atoms with Crippen molar-refractivity contribution >= 4 is 5.97 Å². The van der Waals surface area contributed by atoms with Crippen LogP contribution in [0.25, 0.3) is 0 Å². The molecule has 0 saturated carbocycles. The summed E-state index contributed by atoms with van der Waals surface area (Å²) in [6.07, 6.45) is 0. The van der Waals surface area contributed by atoms with Gasteiger partial charge in [0.25, 0.3) is 0 Å². The van der Waals surface area contributed by atoms with Crippen LogP contribution >= 0.6 is 0 Å². The largest absolute Gasteiger partial charge is 0.455 e. The maximum atomic E-state index is 10.9. The fourth-order valence-corrected chi connectivity index (χ4v) is 1.44. The van der Waals surface area contributed by atoms with Crippen LogP contribution in [-0.4, -0.2) is 5.97 Å². The number of rotatable bonds is 2. The zero-order valence-electron chi connectivity index (χ0n) is 9.13. The van der Waals surface area contributed by atoms with Crippen LogP contribution in [0.1, 0.15) is 31.9 Å². The van der Waals surface area contributed by atoms with Crippen LogP contribution in [0.5, 0.6) is 0 Å². The van der Waals surface area contributed by atoms with E-state index in [0.29, 0.717) is 0 Å². The smallest absolute Gasteiger partial charge is 0.303 e. The highest BCUT2D eigenvalue weighted by Crippen LogP contribution is 2.25. The molecule has 2 heteroatoms. The van der Waals surface area contributed by atoms with Gasteiger partial charge in [-0.15, -0.1) is 0 Å². The molecule has 0 heterocycles. The fourth-order valence-electron chi connectivity index (χ4n) is 1.44. The van der Waals surface area contributed by atoms with E-state index in [0.717, 1.165) is 5.56 Å². The molecular formula is C12H16O2. The standard InChI is InChI=1S/C12H16O2/c1-9-6-5-7-11(8-9)12(3,4)14-10(2)13/h5-8H,1-4H3. The summed E-state index contributed by atoms with van der Waals surface area (Å²) >= 11 is 0. The summed E-state index contributed by atoms with van der Waals surface area (Å²) in [7, 11) is 0. The van der Waals surface area contributed by atoms with Crippen molar-refractivity contribution in [1.29, 1.82) is 0 Å². The number of hydrogen-bond donors (Lipinski definition) is 0. The lowest BCUT2D eigenvalue weighted by Crippen LogP contribution is -2.24. The molecule has 1 aromatic rings. The van der Waals surface area contributed by atoms with Gasteiger partial charge in [0.1, 0.15) is 5.60 Å². The minimum absolute atomic E-state index is 0.253. The van der Waals surface area contributed by atoms with Crippen molar-refractivity contribution in [2.75, 3.05) is 0 Å². The second-order valence-electron chi connectivity index (χ2n) is 3.97. The van der Waals surface area contributed by atoms with Gasteiger partial charge in [0.2, 0.25) is 0 Å². The molecule has 14 heavy (non-hydrogen) atoms. The first kappa shape index (κ1) is 10.8. The molecule has 1 aromatic carbocycles. The Bertz CT molecular complexity index is 340. The van der Waals surface area contributed by atoms with Gasteiger partial charge in [0.15, 0.2) is 0 Å². The maximum absolute atomic E-state index is 10.9. The topological polar surface area (TPSA) is 26.3 Å². The van der Waals surface area contributed by atoms with Crippen molar-refractivity contribution in [3.05, 3.63) is 35.4 Å². The predicted octanol–water partition coefficient (Wildman–Crippen LogP) is 2.79. The predicted molar refractivity (Wildman–Crippen MR) is 56.0 cm³/mol. The Kier molecular flexibility index (Phi) is 2.94. The summed E-state index contributed by atoms with van der Waals surface area (Å²) in [6, 6.07) is 7.99. The van der Waals surface area contributed by atoms with Crippen LogP contribution in [0.2, 0.25) is 0 Å². The van der Waals surface area contributed by atoms with Crippen molar-refractivity contribution in [2.24, 2.45) is 0 Å². The van der Waals surface area contributed by atoms with E-state index < -0.39 is 5.60 Å². The van der Waals surface area contributed by atoms with E-state index in [4.69, 9.17) is 4.74 Å². The Morgan fingerprint density at radius 2 is 2.00 bits per heavy atom. The molecular weight excluding hydrogens is 176 g/mol. The summed E-state index contributed by atoms with van der Waals surface area (Å²) in [4.78, 5) is 10.9. The average Bonchev–Trinajstić information content (AvgIpc) is 2.01. The molecule has 2 nitrogen and oxygen atoms in total. The minimum Gasteiger partial charge on any atom is -0.455 e. The quantitative estimate of drug-likeness (QED) is 0.673. The third-order valence-electron chi connectivity index (χ3n) is 2.11. The van der Waals surface area contributed by atoms with Crippen molar-refractivity contribution < 1.29 is 9.53 Å². The highest BCUT2D eigenvalue weighted by Gasteiger charge is 2.23. The van der Waals surface area contributed by atoms with Crippen molar-refractivity contribution in [3.8, 4) is 0 Å². The van der Waals surface area contributed by atoms with Gasteiger partial charge in [-0.3, -0.25) is 4.79 Å². The number of hydrogen-bond acceptors (Lipinski definition) is 2. The molecule has 0 fully saturated rings. The lowest BCUT2D eigenvalue weighted by molar-refractivity contribution is -0.154. The molecule has 0 aliphatic rings. The zero-order chi connectivity index (χ0) is 10.8.